The summed E-state index contributed by atoms with van der Waals surface area (Å²) in [4.78, 5) is 26.0. The van der Waals surface area contributed by atoms with Gasteiger partial charge in [-0.05, 0) is 13.3 Å². The molecule has 94 valence electrons. The molecule has 17 heavy (non-hydrogen) atoms. The van der Waals surface area contributed by atoms with Crippen molar-refractivity contribution in [1.29, 1.82) is 0 Å². The zero-order chi connectivity index (χ0) is 12.6. The second-order valence-corrected chi connectivity index (χ2v) is 4.31. The van der Waals surface area contributed by atoms with Crippen molar-refractivity contribution < 1.29 is 9.84 Å². The van der Waals surface area contributed by atoms with Crippen molar-refractivity contribution in [2.24, 2.45) is 0 Å². The van der Waals surface area contributed by atoms with E-state index >= 15 is 0 Å². The molecule has 0 spiro atoms. The van der Waals surface area contributed by atoms with Gasteiger partial charge in [-0.1, -0.05) is 6.92 Å². The highest BCUT2D eigenvalue weighted by Gasteiger charge is 2.34. The lowest BCUT2D eigenvalue weighted by Gasteiger charge is -2.13. The molecule has 0 aliphatic carbocycles. The maximum Gasteiger partial charge on any atom is 0.330 e. The van der Waals surface area contributed by atoms with E-state index in [1.807, 2.05) is 6.92 Å². The molecule has 1 aromatic rings. The van der Waals surface area contributed by atoms with Crippen molar-refractivity contribution in [2.45, 2.75) is 45.1 Å². The van der Waals surface area contributed by atoms with E-state index in [0.717, 1.165) is 4.57 Å². The van der Waals surface area contributed by atoms with Crippen LogP contribution >= 0.6 is 0 Å². The summed E-state index contributed by atoms with van der Waals surface area (Å²) in [5.41, 5.74) is -0.383. The fraction of sp³-hybridized carbons (Fsp3) is 0.636. The van der Waals surface area contributed by atoms with E-state index in [1.54, 1.807) is 6.92 Å². The molecule has 0 amide bonds. The Balaban J connectivity index is 2.37. The van der Waals surface area contributed by atoms with Crippen molar-refractivity contribution in [3.8, 4) is 0 Å². The number of aryl methyl sites for hydroxylation is 1. The predicted molar refractivity (Wildman–Crippen MR) is 60.9 cm³/mol. The Labute approximate surface area is 97.9 Å². The Morgan fingerprint density at radius 1 is 1.59 bits per heavy atom. The Kier molecular flexibility index (Phi) is 3.17. The van der Waals surface area contributed by atoms with Crippen LogP contribution in [0.15, 0.2) is 15.7 Å². The summed E-state index contributed by atoms with van der Waals surface area (Å²) in [6, 6.07) is 1.34. The number of aromatic nitrogens is 2. The number of aliphatic hydroxyl groups excluding tert-OH is 1. The van der Waals surface area contributed by atoms with Crippen LogP contribution in [-0.4, -0.2) is 26.9 Å². The average molecular weight is 240 g/mol. The molecular formula is C11H16N2O4. The maximum atomic E-state index is 11.7. The van der Waals surface area contributed by atoms with Gasteiger partial charge in [0.05, 0.1) is 12.2 Å². The van der Waals surface area contributed by atoms with Crippen LogP contribution < -0.4 is 11.2 Å². The van der Waals surface area contributed by atoms with E-state index < -0.39 is 23.6 Å². The topological polar surface area (TPSA) is 84.3 Å². The zero-order valence-electron chi connectivity index (χ0n) is 9.84. The monoisotopic (exact) mass is 240 g/mol. The quantitative estimate of drug-likeness (QED) is 0.756. The first-order valence-electron chi connectivity index (χ1n) is 5.69. The van der Waals surface area contributed by atoms with Crippen LogP contribution in [-0.2, 0) is 4.74 Å². The Morgan fingerprint density at radius 2 is 2.29 bits per heavy atom. The molecular weight excluding hydrogens is 224 g/mol. The van der Waals surface area contributed by atoms with E-state index in [0.29, 0.717) is 12.1 Å². The molecule has 2 rings (SSSR count). The normalized spacial score (nSPS) is 28.5. The molecule has 2 N–H and O–H groups in total. The maximum absolute atomic E-state index is 11.7. The average Bonchev–Trinajstić information content (AvgIpc) is 2.57. The van der Waals surface area contributed by atoms with Crippen LogP contribution in [0.25, 0.3) is 0 Å². The molecule has 1 unspecified atom stereocenters. The highest BCUT2D eigenvalue weighted by Crippen LogP contribution is 2.28. The summed E-state index contributed by atoms with van der Waals surface area (Å²) in [7, 11) is 0. The first-order chi connectivity index (χ1) is 8.02. The van der Waals surface area contributed by atoms with Crippen molar-refractivity contribution in [3.63, 3.8) is 0 Å². The number of H-pyrrole nitrogens is 1. The first kappa shape index (κ1) is 12.1. The summed E-state index contributed by atoms with van der Waals surface area (Å²) in [6.07, 6.45) is -0.696. The van der Waals surface area contributed by atoms with Gasteiger partial charge in [0.1, 0.15) is 6.23 Å². The smallest absolute Gasteiger partial charge is 0.330 e. The Hall–Kier alpha value is -1.40. The molecule has 0 bridgehead atoms. The predicted octanol–water partition coefficient (Wildman–Crippen LogP) is -0.0966. The van der Waals surface area contributed by atoms with E-state index in [1.165, 1.54) is 6.07 Å². The van der Waals surface area contributed by atoms with Crippen LogP contribution in [0.5, 0.6) is 0 Å². The van der Waals surface area contributed by atoms with E-state index in [-0.39, 0.29) is 12.5 Å². The van der Waals surface area contributed by atoms with Crippen LogP contribution in [0.1, 0.15) is 31.7 Å². The summed E-state index contributed by atoms with van der Waals surface area (Å²) >= 11 is 0. The van der Waals surface area contributed by atoms with Gasteiger partial charge in [-0.25, -0.2) is 9.36 Å². The standard InChI is InChI=1S/C11H16N2O4/c1-3-8-7(14)5-10(17-8)13-9(15)4-6(2)12-11(13)16/h4,7-8,10,14H,3,5H2,1-2H3,(H,12,16)/t7?,8-,10-/m1/s1. The van der Waals surface area contributed by atoms with Gasteiger partial charge < -0.3 is 14.8 Å². The van der Waals surface area contributed by atoms with Crippen LogP contribution in [0.2, 0.25) is 0 Å². The lowest BCUT2D eigenvalue weighted by Crippen LogP contribution is -2.38. The number of hydrogen-bond acceptors (Lipinski definition) is 4. The third kappa shape index (κ3) is 2.18. The molecule has 1 saturated heterocycles. The van der Waals surface area contributed by atoms with Crippen molar-refractivity contribution in [2.75, 3.05) is 0 Å². The molecule has 0 saturated carbocycles. The van der Waals surface area contributed by atoms with Gasteiger partial charge in [0.25, 0.3) is 5.56 Å². The van der Waals surface area contributed by atoms with Gasteiger partial charge in [-0.2, -0.15) is 0 Å². The fourth-order valence-electron chi connectivity index (χ4n) is 2.13. The van der Waals surface area contributed by atoms with Crippen LogP contribution in [0.4, 0.5) is 0 Å². The lowest BCUT2D eigenvalue weighted by molar-refractivity contribution is -0.0230. The number of nitrogens with one attached hydrogen (secondary N) is 1. The highest BCUT2D eigenvalue weighted by atomic mass is 16.5. The van der Waals surface area contributed by atoms with Crippen LogP contribution in [0, 0.1) is 6.92 Å². The van der Waals surface area contributed by atoms with Crippen molar-refractivity contribution in [3.05, 3.63) is 32.6 Å². The lowest BCUT2D eigenvalue weighted by atomic mass is 10.1. The zero-order valence-corrected chi connectivity index (χ0v) is 9.84. The van der Waals surface area contributed by atoms with E-state index in [9.17, 15) is 14.7 Å². The molecule has 0 radical (unpaired) electrons. The van der Waals surface area contributed by atoms with Crippen molar-refractivity contribution in [1.82, 2.24) is 9.55 Å². The minimum atomic E-state index is -0.674. The minimum absolute atomic E-state index is 0.268. The number of hydrogen-bond donors (Lipinski definition) is 2. The van der Waals surface area contributed by atoms with E-state index in [2.05, 4.69) is 4.98 Å². The molecule has 0 aromatic carbocycles. The van der Waals surface area contributed by atoms with Crippen molar-refractivity contribution >= 4 is 0 Å². The molecule has 6 heteroatoms. The number of aliphatic hydroxyl groups is 1. The molecule has 1 fully saturated rings. The van der Waals surface area contributed by atoms with Gasteiger partial charge in [0, 0.05) is 18.2 Å². The van der Waals surface area contributed by atoms with Gasteiger partial charge in [0.2, 0.25) is 0 Å². The molecule has 3 atom stereocenters. The van der Waals surface area contributed by atoms with Gasteiger partial charge in [0.15, 0.2) is 0 Å². The second-order valence-electron chi connectivity index (χ2n) is 4.31. The molecule has 1 aliphatic rings. The molecule has 6 nitrogen and oxygen atoms in total. The third-order valence-corrected chi connectivity index (χ3v) is 2.99. The molecule has 2 heterocycles. The highest BCUT2D eigenvalue weighted by molar-refractivity contribution is 4.98. The summed E-state index contributed by atoms with van der Waals surface area (Å²) in [5.74, 6) is 0. The Bertz CT molecular complexity index is 488. The number of ether oxygens (including phenoxy) is 1. The summed E-state index contributed by atoms with van der Waals surface area (Å²) < 4.78 is 6.52. The minimum Gasteiger partial charge on any atom is -0.390 e. The number of aromatic amines is 1. The Morgan fingerprint density at radius 3 is 2.82 bits per heavy atom. The number of rotatable bonds is 2. The third-order valence-electron chi connectivity index (χ3n) is 2.99. The first-order valence-corrected chi connectivity index (χ1v) is 5.69. The van der Waals surface area contributed by atoms with E-state index in [4.69, 9.17) is 4.74 Å². The largest absolute Gasteiger partial charge is 0.390 e. The fourth-order valence-corrected chi connectivity index (χ4v) is 2.13. The molecule has 1 aromatic heterocycles. The van der Waals surface area contributed by atoms with Gasteiger partial charge in [-0.15, -0.1) is 0 Å². The summed E-state index contributed by atoms with van der Waals surface area (Å²) in [5, 5.41) is 9.70. The van der Waals surface area contributed by atoms with Gasteiger partial charge >= 0.3 is 5.69 Å². The second kappa shape index (κ2) is 4.46. The number of nitrogens with zero attached hydrogens (tertiary/aromatic N) is 1. The molecule has 1 aliphatic heterocycles. The summed E-state index contributed by atoms with van der Waals surface area (Å²) in [6.45, 7) is 3.53. The van der Waals surface area contributed by atoms with Gasteiger partial charge in [-0.3, -0.25) is 4.79 Å². The van der Waals surface area contributed by atoms with Crippen LogP contribution in [0.3, 0.4) is 0 Å². The SMILES string of the molecule is CC[C@H]1O[C@@H](n2c(=O)cc(C)[nH]c2=O)CC1O.